The number of anilines is 1. The molecule has 0 spiro atoms. The van der Waals surface area contributed by atoms with Crippen LogP contribution < -0.4 is 10.2 Å². The predicted molar refractivity (Wildman–Crippen MR) is 118 cm³/mol. The number of hydrogen-bond acceptors (Lipinski definition) is 2. The Balaban J connectivity index is 1.32. The lowest BCUT2D eigenvalue weighted by Gasteiger charge is -2.23. The number of allylic oxidation sites excluding steroid dienone is 2. The molecule has 0 radical (unpaired) electrons. The Hall–Kier alpha value is -2.78. The van der Waals surface area contributed by atoms with E-state index in [1.807, 2.05) is 0 Å². The van der Waals surface area contributed by atoms with Crippen molar-refractivity contribution in [3.63, 3.8) is 0 Å². The van der Waals surface area contributed by atoms with Crippen LogP contribution in [-0.4, -0.2) is 17.7 Å². The highest BCUT2D eigenvalue weighted by Gasteiger charge is 2.19. The molecule has 5 rings (SSSR count). The molecule has 0 fully saturated rings. The SMILES string of the molecule is Cn1c2c(c3ccc(N4C=CC(CCc5ccccc5)=CC4)cc31)CCNC2. The van der Waals surface area contributed by atoms with Crippen LogP contribution in [0.1, 0.15) is 23.2 Å². The first-order chi connectivity index (χ1) is 13.8. The summed E-state index contributed by atoms with van der Waals surface area (Å²) in [5.74, 6) is 0. The first-order valence-electron chi connectivity index (χ1n) is 10.3. The van der Waals surface area contributed by atoms with Crippen molar-refractivity contribution in [3.05, 3.63) is 89.3 Å². The molecule has 0 saturated heterocycles. The summed E-state index contributed by atoms with van der Waals surface area (Å²) in [6, 6.07) is 17.7. The Morgan fingerprint density at radius 2 is 1.93 bits per heavy atom. The molecule has 3 aromatic rings. The number of fused-ring (bicyclic) bond motifs is 3. The van der Waals surface area contributed by atoms with Crippen LogP contribution in [-0.2, 0) is 26.4 Å². The van der Waals surface area contributed by atoms with Crippen molar-refractivity contribution in [1.82, 2.24) is 9.88 Å². The molecule has 3 heteroatoms. The van der Waals surface area contributed by atoms with Gasteiger partial charge in [0, 0.05) is 43.1 Å². The fourth-order valence-corrected chi connectivity index (χ4v) is 4.50. The Kier molecular flexibility index (Phi) is 4.53. The second-order valence-corrected chi connectivity index (χ2v) is 7.85. The molecule has 0 amide bonds. The van der Waals surface area contributed by atoms with Crippen LogP contribution in [0.15, 0.2) is 72.5 Å². The molecule has 3 nitrogen and oxygen atoms in total. The second-order valence-electron chi connectivity index (χ2n) is 7.85. The normalized spacial score (nSPS) is 16.3. The van der Waals surface area contributed by atoms with Gasteiger partial charge in [0.2, 0.25) is 0 Å². The Bertz CT molecular complexity index is 1060. The summed E-state index contributed by atoms with van der Waals surface area (Å²) < 4.78 is 2.37. The van der Waals surface area contributed by atoms with Crippen LogP contribution in [0.3, 0.4) is 0 Å². The number of nitrogens with zero attached hydrogens (tertiary/aromatic N) is 2. The molecule has 28 heavy (non-hydrogen) atoms. The van der Waals surface area contributed by atoms with Gasteiger partial charge in [-0.15, -0.1) is 0 Å². The van der Waals surface area contributed by atoms with Gasteiger partial charge in [-0.1, -0.05) is 42.5 Å². The molecule has 0 saturated carbocycles. The quantitative estimate of drug-likeness (QED) is 0.718. The van der Waals surface area contributed by atoms with Crippen molar-refractivity contribution >= 4 is 16.6 Å². The molecular formula is C25H27N3. The summed E-state index contributed by atoms with van der Waals surface area (Å²) in [7, 11) is 2.20. The fourth-order valence-electron chi connectivity index (χ4n) is 4.50. The molecule has 2 aliphatic rings. The van der Waals surface area contributed by atoms with Gasteiger partial charge in [0.15, 0.2) is 0 Å². The summed E-state index contributed by atoms with van der Waals surface area (Å²) in [6.07, 6.45) is 10.2. The number of aromatic nitrogens is 1. The molecule has 1 N–H and O–H groups in total. The highest BCUT2D eigenvalue weighted by Crippen LogP contribution is 2.31. The Labute approximate surface area is 167 Å². The van der Waals surface area contributed by atoms with Crippen molar-refractivity contribution in [2.24, 2.45) is 7.05 Å². The zero-order valence-corrected chi connectivity index (χ0v) is 16.5. The van der Waals surface area contributed by atoms with E-state index in [0.29, 0.717) is 0 Å². The van der Waals surface area contributed by atoms with Crippen LogP contribution >= 0.6 is 0 Å². The van der Waals surface area contributed by atoms with Crippen molar-refractivity contribution in [3.8, 4) is 0 Å². The van der Waals surface area contributed by atoms with Gasteiger partial charge >= 0.3 is 0 Å². The van der Waals surface area contributed by atoms with Gasteiger partial charge in [0.25, 0.3) is 0 Å². The molecule has 0 unspecified atom stereocenters. The Morgan fingerprint density at radius 3 is 2.75 bits per heavy atom. The van der Waals surface area contributed by atoms with Crippen LogP contribution in [0.25, 0.3) is 10.9 Å². The number of nitrogens with one attached hydrogen (secondary N) is 1. The van der Waals surface area contributed by atoms with E-state index < -0.39 is 0 Å². The van der Waals surface area contributed by atoms with Crippen molar-refractivity contribution in [1.29, 1.82) is 0 Å². The van der Waals surface area contributed by atoms with Crippen molar-refractivity contribution in [2.75, 3.05) is 18.0 Å². The minimum Gasteiger partial charge on any atom is -0.346 e. The summed E-state index contributed by atoms with van der Waals surface area (Å²) >= 11 is 0. The second kappa shape index (κ2) is 7.33. The fraction of sp³-hybridized carbons (Fsp3) is 0.280. The van der Waals surface area contributed by atoms with E-state index in [9.17, 15) is 0 Å². The van der Waals surface area contributed by atoms with Crippen LogP contribution in [0.5, 0.6) is 0 Å². The van der Waals surface area contributed by atoms with Crippen LogP contribution in [0.2, 0.25) is 0 Å². The van der Waals surface area contributed by atoms with Gasteiger partial charge in [0.05, 0.1) is 5.52 Å². The van der Waals surface area contributed by atoms with Crippen molar-refractivity contribution in [2.45, 2.75) is 25.8 Å². The third-order valence-corrected chi connectivity index (χ3v) is 6.16. The van der Waals surface area contributed by atoms with Gasteiger partial charge in [-0.25, -0.2) is 0 Å². The van der Waals surface area contributed by atoms with Gasteiger partial charge in [-0.2, -0.15) is 0 Å². The van der Waals surface area contributed by atoms with Crippen molar-refractivity contribution < 1.29 is 0 Å². The van der Waals surface area contributed by atoms with Crippen LogP contribution in [0.4, 0.5) is 5.69 Å². The minimum atomic E-state index is 0.942. The maximum absolute atomic E-state index is 3.50. The molecule has 2 aromatic carbocycles. The van der Waals surface area contributed by atoms with Crippen LogP contribution in [0, 0.1) is 0 Å². The Morgan fingerprint density at radius 1 is 1.04 bits per heavy atom. The lowest BCUT2D eigenvalue weighted by Crippen LogP contribution is -2.24. The van der Waals surface area contributed by atoms with Gasteiger partial charge < -0.3 is 14.8 Å². The molecule has 1 aromatic heterocycles. The van der Waals surface area contributed by atoms with E-state index in [-0.39, 0.29) is 0 Å². The first-order valence-corrected chi connectivity index (χ1v) is 10.3. The third-order valence-electron chi connectivity index (χ3n) is 6.16. The number of hydrogen-bond donors (Lipinski definition) is 1. The average molecular weight is 370 g/mol. The maximum atomic E-state index is 3.50. The molecular weight excluding hydrogens is 342 g/mol. The predicted octanol–water partition coefficient (Wildman–Crippen LogP) is 4.72. The standard InChI is InChI=1S/C25H27N3/c1-27-24-17-21(9-10-22(24)23-11-14-26-18-25(23)27)28-15-12-20(13-16-28)8-7-19-5-3-2-4-6-19/h2-6,9-10,12-13,15,17,26H,7-8,11,14,16,18H2,1H3. The number of rotatable bonds is 4. The molecule has 142 valence electrons. The van der Waals surface area contributed by atoms with E-state index >= 15 is 0 Å². The topological polar surface area (TPSA) is 20.2 Å². The monoisotopic (exact) mass is 369 g/mol. The molecule has 0 bridgehead atoms. The third kappa shape index (κ3) is 3.16. The lowest BCUT2D eigenvalue weighted by atomic mass is 10.0. The molecule has 0 atom stereocenters. The molecule has 3 heterocycles. The van der Waals surface area contributed by atoms with E-state index in [2.05, 4.69) is 88.7 Å². The smallest absolute Gasteiger partial charge is 0.0504 e. The average Bonchev–Trinajstić information content (AvgIpc) is 3.05. The van der Waals surface area contributed by atoms with Gasteiger partial charge in [-0.05, 0) is 60.7 Å². The van der Waals surface area contributed by atoms with E-state index in [4.69, 9.17) is 0 Å². The summed E-state index contributed by atoms with van der Waals surface area (Å²) in [5.41, 5.74) is 8.43. The maximum Gasteiger partial charge on any atom is 0.0504 e. The first kappa shape index (κ1) is 17.3. The summed E-state index contributed by atoms with van der Waals surface area (Å²) in [4.78, 5) is 2.34. The largest absolute Gasteiger partial charge is 0.346 e. The highest BCUT2D eigenvalue weighted by molar-refractivity contribution is 5.89. The van der Waals surface area contributed by atoms with E-state index in [0.717, 1.165) is 38.9 Å². The summed E-state index contributed by atoms with van der Waals surface area (Å²) in [6.45, 7) is 3.00. The van der Waals surface area contributed by atoms with Gasteiger partial charge in [-0.3, -0.25) is 0 Å². The lowest BCUT2D eigenvalue weighted by molar-refractivity contribution is 0.614. The zero-order chi connectivity index (χ0) is 18.9. The van der Waals surface area contributed by atoms with E-state index in [1.165, 1.54) is 39.0 Å². The summed E-state index contributed by atoms with van der Waals surface area (Å²) in [5, 5.41) is 4.92. The minimum absolute atomic E-state index is 0.942. The highest BCUT2D eigenvalue weighted by atomic mass is 15.1. The van der Waals surface area contributed by atoms with Gasteiger partial charge in [0.1, 0.15) is 0 Å². The molecule has 0 aliphatic carbocycles. The number of aryl methyl sites for hydroxylation is 2. The van der Waals surface area contributed by atoms with E-state index in [1.54, 1.807) is 0 Å². The number of benzene rings is 2. The molecule has 2 aliphatic heterocycles. The zero-order valence-electron chi connectivity index (χ0n) is 16.5.